The number of hydrogen-bond acceptors (Lipinski definition) is 2. The summed E-state index contributed by atoms with van der Waals surface area (Å²) in [6.45, 7) is 2.09. The zero-order valence-corrected chi connectivity index (χ0v) is 16.2. The summed E-state index contributed by atoms with van der Waals surface area (Å²) in [5.41, 5.74) is 9.27. The van der Waals surface area contributed by atoms with E-state index in [4.69, 9.17) is 9.98 Å². The molecular formula is C27H20N2. The first-order chi connectivity index (χ1) is 14.3. The lowest BCUT2D eigenvalue weighted by molar-refractivity contribution is 1.36. The van der Waals surface area contributed by atoms with Crippen molar-refractivity contribution in [1.29, 1.82) is 0 Å². The molecule has 0 amide bonds. The predicted molar refractivity (Wildman–Crippen MR) is 121 cm³/mol. The van der Waals surface area contributed by atoms with Gasteiger partial charge in [0.1, 0.15) is 0 Å². The number of fused-ring (bicyclic) bond motifs is 2. The van der Waals surface area contributed by atoms with E-state index in [0.29, 0.717) is 0 Å². The highest BCUT2D eigenvalue weighted by Crippen LogP contribution is 2.35. The van der Waals surface area contributed by atoms with Crippen molar-refractivity contribution in [2.75, 3.05) is 0 Å². The second-order valence-corrected chi connectivity index (χ2v) is 7.19. The van der Waals surface area contributed by atoms with Crippen molar-refractivity contribution in [1.82, 2.24) is 0 Å². The van der Waals surface area contributed by atoms with E-state index >= 15 is 0 Å². The van der Waals surface area contributed by atoms with Crippen LogP contribution in [0.25, 0.3) is 0 Å². The topological polar surface area (TPSA) is 24.7 Å². The molecule has 0 aliphatic carbocycles. The summed E-state index contributed by atoms with van der Waals surface area (Å²) in [6.07, 6.45) is 0. The van der Waals surface area contributed by atoms with Gasteiger partial charge in [-0.2, -0.15) is 0 Å². The Bertz CT molecular complexity index is 1240. The van der Waals surface area contributed by atoms with Crippen LogP contribution in [0.15, 0.2) is 113 Å². The highest BCUT2D eigenvalue weighted by Gasteiger charge is 2.20. The van der Waals surface area contributed by atoms with E-state index in [9.17, 15) is 0 Å². The van der Waals surface area contributed by atoms with Crippen LogP contribution < -0.4 is 0 Å². The first kappa shape index (κ1) is 17.3. The molecule has 0 saturated carbocycles. The van der Waals surface area contributed by atoms with Gasteiger partial charge in [-0.25, -0.2) is 9.98 Å². The Hall–Kier alpha value is -3.78. The summed E-state index contributed by atoms with van der Waals surface area (Å²) in [5.74, 6) is 0. The van der Waals surface area contributed by atoms with Crippen molar-refractivity contribution in [2.45, 2.75) is 6.92 Å². The summed E-state index contributed by atoms with van der Waals surface area (Å²) in [4.78, 5) is 10.2. The van der Waals surface area contributed by atoms with Gasteiger partial charge in [0.05, 0.1) is 22.8 Å². The van der Waals surface area contributed by atoms with Crippen LogP contribution in [0.3, 0.4) is 0 Å². The normalized spacial score (nSPS) is 12.7. The Labute approximate surface area is 170 Å². The summed E-state index contributed by atoms with van der Waals surface area (Å²) >= 11 is 0. The molecule has 138 valence electrons. The van der Waals surface area contributed by atoms with E-state index < -0.39 is 0 Å². The molecule has 0 atom stereocenters. The lowest BCUT2D eigenvalue weighted by atomic mass is 9.91. The number of benzene rings is 4. The van der Waals surface area contributed by atoms with Gasteiger partial charge in [0.15, 0.2) is 0 Å². The minimum Gasteiger partial charge on any atom is -0.245 e. The molecule has 0 N–H and O–H groups in total. The lowest BCUT2D eigenvalue weighted by Crippen LogP contribution is -2.14. The summed E-state index contributed by atoms with van der Waals surface area (Å²) in [7, 11) is 0. The molecule has 1 aliphatic rings. The number of hydrogen-bond donors (Lipinski definition) is 0. The summed E-state index contributed by atoms with van der Waals surface area (Å²) in [5, 5.41) is 0. The van der Waals surface area contributed by atoms with Gasteiger partial charge < -0.3 is 0 Å². The van der Waals surface area contributed by atoms with Crippen LogP contribution >= 0.6 is 0 Å². The maximum absolute atomic E-state index is 5.11. The number of nitrogens with zero attached hydrogens (tertiary/aromatic N) is 2. The molecule has 2 nitrogen and oxygen atoms in total. The first-order valence-corrected chi connectivity index (χ1v) is 9.78. The number of rotatable bonds is 2. The fraction of sp³-hybridized carbons (Fsp3) is 0.0370. The molecule has 1 heterocycles. The van der Waals surface area contributed by atoms with E-state index in [1.165, 1.54) is 5.56 Å². The van der Waals surface area contributed by atoms with Crippen LogP contribution in [0, 0.1) is 6.92 Å². The van der Waals surface area contributed by atoms with Crippen LogP contribution in [0.5, 0.6) is 0 Å². The molecule has 0 fully saturated rings. The molecule has 0 bridgehead atoms. The van der Waals surface area contributed by atoms with Crippen LogP contribution in [-0.4, -0.2) is 11.4 Å². The van der Waals surface area contributed by atoms with Crippen LogP contribution in [0.1, 0.15) is 27.8 Å². The highest BCUT2D eigenvalue weighted by molar-refractivity contribution is 6.25. The van der Waals surface area contributed by atoms with E-state index in [0.717, 1.165) is 45.1 Å². The minimum atomic E-state index is 0.886. The fourth-order valence-electron chi connectivity index (χ4n) is 3.71. The molecule has 1 aliphatic heterocycles. The maximum atomic E-state index is 5.11. The molecule has 4 aromatic carbocycles. The molecular weight excluding hydrogens is 352 g/mol. The third-order valence-electron chi connectivity index (χ3n) is 5.13. The van der Waals surface area contributed by atoms with E-state index in [-0.39, 0.29) is 0 Å². The zero-order valence-electron chi connectivity index (χ0n) is 16.2. The average molecular weight is 372 g/mol. The molecule has 0 radical (unpaired) electrons. The summed E-state index contributed by atoms with van der Waals surface area (Å²) in [6, 6.07) is 35.4. The van der Waals surface area contributed by atoms with Crippen LogP contribution in [0.4, 0.5) is 11.4 Å². The molecule has 29 heavy (non-hydrogen) atoms. The molecule has 4 aromatic rings. The Morgan fingerprint density at radius 3 is 1.52 bits per heavy atom. The fourth-order valence-corrected chi connectivity index (χ4v) is 3.71. The molecule has 0 unspecified atom stereocenters. The Morgan fingerprint density at radius 2 is 0.966 bits per heavy atom. The van der Waals surface area contributed by atoms with Crippen LogP contribution in [0.2, 0.25) is 0 Å². The minimum absolute atomic E-state index is 0.886. The third-order valence-corrected chi connectivity index (χ3v) is 5.13. The van der Waals surface area contributed by atoms with Gasteiger partial charge in [-0.05, 0) is 24.6 Å². The van der Waals surface area contributed by atoms with E-state index in [2.05, 4.69) is 97.9 Å². The van der Waals surface area contributed by atoms with Gasteiger partial charge in [0.25, 0.3) is 0 Å². The Kier molecular flexibility index (Phi) is 4.38. The van der Waals surface area contributed by atoms with E-state index in [1.807, 2.05) is 12.1 Å². The monoisotopic (exact) mass is 372 g/mol. The van der Waals surface area contributed by atoms with Crippen molar-refractivity contribution in [3.8, 4) is 0 Å². The number of aliphatic imine (C=N–C) groups is 2. The van der Waals surface area contributed by atoms with Crippen molar-refractivity contribution >= 4 is 22.8 Å². The van der Waals surface area contributed by atoms with Gasteiger partial charge >= 0.3 is 0 Å². The van der Waals surface area contributed by atoms with E-state index in [1.54, 1.807) is 0 Å². The van der Waals surface area contributed by atoms with Crippen molar-refractivity contribution in [2.24, 2.45) is 9.98 Å². The van der Waals surface area contributed by atoms with Crippen molar-refractivity contribution < 1.29 is 0 Å². The zero-order chi connectivity index (χ0) is 19.6. The maximum Gasteiger partial charge on any atom is 0.0896 e. The smallest absolute Gasteiger partial charge is 0.0896 e. The second-order valence-electron chi connectivity index (χ2n) is 7.19. The van der Waals surface area contributed by atoms with Crippen molar-refractivity contribution in [3.63, 3.8) is 0 Å². The summed E-state index contributed by atoms with van der Waals surface area (Å²) < 4.78 is 0. The van der Waals surface area contributed by atoms with Gasteiger partial charge in [-0.3, -0.25) is 0 Å². The quantitative estimate of drug-likeness (QED) is 0.331. The van der Waals surface area contributed by atoms with Crippen LogP contribution in [-0.2, 0) is 0 Å². The number of aryl methyl sites for hydroxylation is 1. The first-order valence-electron chi connectivity index (χ1n) is 9.78. The highest BCUT2D eigenvalue weighted by atomic mass is 14.9. The molecule has 0 spiro atoms. The van der Waals surface area contributed by atoms with Gasteiger partial charge in [0.2, 0.25) is 0 Å². The Balaban J connectivity index is 1.86. The van der Waals surface area contributed by atoms with Gasteiger partial charge in [0, 0.05) is 22.3 Å². The van der Waals surface area contributed by atoms with Gasteiger partial charge in [-0.1, -0.05) is 91.0 Å². The third kappa shape index (κ3) is 3.30. The molecule has 2 heteroatoms. The second kappa shape index (κ2) is 7.33. The SMILES string of the molecule is Cc1ccc2c(c1)N=C(c1ccccc1)c1ccccc1C(c1ccccc1)=N2. The molecule has 0 aromatic heterocycles. The molecule has 5 rings (SSSR count). The molecule has 0 saturated heterocycles. The predicted octanol–water partition coefficient (Wildman–Crippen LogP) is 6.65. The Morgan fingerprint density at radius 1 is 0.483 bits per heavy atom. The lowest BCUT2D eigenvalue weighted by Gasteiger charge is -2.19. The average Bonchev–Trinajstić information content (AvgIpc) is 2.77. The van der Waals surface area contributed by atoms with Gasteiger partial charge in [-0.15, -0.1) is 0 Å². The van der Waals surface area contributed by atoms with Crippen molar-refractivity contribution in [3.05, 3.63) is 131 Å². The largest absolute Gasteiger partial charge is 0.245 e. The standard InChI is InChI=1S/C27H20N2/c1-19-16-17-24-25(18-19)29-27(21-12-6-3-7-13-21)23-15-9-8-14-22(23)26(28-24)20-10-4-2-5-11-20/h2-18H,1H3.